The number of hydrazine groups is 1. The summed E-state index contributed by atoms with van der Waals surface area (Å²) in [6, 6.07) is 7.05. The Hall–Kier alpha value is -2.88. The molecule has 1 aromatic carbocycles. The van der Waals surface area contributed by atoms with Gasteiger partial charge in [0.05, 0.1) is 6.54 Å². The molecule has 2 aliphatic rings. The number of fused-ring (bicyclic) bond motifs is 1. The van der Waals surface area contributed by atoms with Gasteiger partial charge >= 0.3 is 6.18 Å². The van der Waals surface area contributed by atoms with Gasteiger partial charge in [-0.2, -0.15) is 18.2 Å². The van der Waals surface area contributed by atoms with Crippen LogP contribution in [0, 0.1) is 0 Å². The van der Waals surface area contributed by atoms with Gasteiger partial charge in [0.1, 0.15) is 11.4 Å². The molecule has 0 spiro atoms. The molecule has 10 heteroatoms. The third-order valence-electron chi connectivity index (χ3n) is 5.26. The molecule has 1 amide bonds. The summed E-state index contributed by atoms with van der Waals surface area (Å²) in [5, 5.41) is 4.19. The second-order valence-electron chi connectivity index (χ2n) is 7.37. The van der Waals surface area contributed by atoms with Crippen molar-refractivity contribution in [3.8, 4) is 0 Å². The molecule has 0 unspecified atom stereocenters. The van der Waals surface area contributed by atoms with Gasteiger partial charge in [0.15, 0.2) is 0 Å². The third kappa shape index (κ3) is 4.12. The molecule has 0 atom stereocenters. The lowest BCUT2D eigenvalue weighted by atomic mass is 9.92. The van der Waals surface area contributed by atoms with E-state index in [0.29, 0.717) is 18.4 Å². The maximum Gasteiger partial charge on any atom is 0.421 e. The first kappa shape index (κ1) is 19.4. The topological polar surface area (TPSA) is 96.2 Å². The average molecular weight is 406 g/mol. The molecule has 4 rings (SSSR count). The normalized spacial score (nSPS) is 21.8. The molecule has 2 aromatic rings. The summed E-state index contributed by atoms with van der Waals surface area (Å²) in [6.07, 6.45) is -1.02. The Morgan fingerprint density at radius 2 is 1.86 bits per heavy atom. The highest BCUT2D eigenvalue weighted by molar-refractivity contribution is 5.98. The summed E-state index contributed by atoms with van der Waals surface area (Å²) in [4.78, 5) is 20.3. The molecule has 154 valence electrons. The minimum absolute atomic E-state index is 0.0748. The second kappa shape index (κ2) is 7.51. The first-order valence-corrected chi connectivity index (χ1v) is 9.44. The van der Waals surface area contributed by atoms with E-state index in [2.05, 4.69) is 20.7 Å². The zero-order chi connectivity index (χ0) is 20.6. The number of aromatic nitrogens is 2. The van der Waals surface area contributed by atoms with Crippen molar-refractivity contribution in [1.82, 2.24) is 15.0 Å². The van der Waals surface area contributed by atoms with Gasteiger partial charge in [-0.05, 0) is 37.3 Å². The lowest BCUT2D eigenvalue weighted by molar-refractivity contribution is -0.137. The van der Waals surface area contributed by atoms with Crippen LogP contribution in [-0.2, 0) is 12.7 Å². The minimum atomic E-state index is -4.59. The number of carbonyl (C=O) groups excluding carboxylic acids is 1. The van der Waals surface area contributed by atoms with Crippen molar-refractivity contribution in [3.63, 3.8) is 0 Å². The molecule has 1 aromatic heterocycles. The Morgan fingerprint density at radius 1 is 1.14 bits per heavy atom. The molecule has 1 aliphatic heterocycles. The Bertz CT molecular complexity index is 911. The standard InChI is InChI=1S/C19H21F3N6O/c20-19(21,22)15-9-24-18(26-16(15)25-13-7-5-12(23)6-8-13)27-28-10-11-3-1-2-4-14(11)17(28)29/h1-4,9,12-13H,5-8,10,23H2,(H2,24,25,26,27). The van der Waals surface area contributed by atoms with Crippen molar-refractivity contribution in [2.75, 3.05) is 10.7 Å². The summed E-state index contributed by atoms with van der Waals surface area (Å²) in [7, 11) is 0. The molecule has 1 aliphatic carbocycles. The number of halogens is 3. The van der Waals surface area contributed by atoms with Crippen molar-refractivity contribution < 1.29 is 18.0 Å². The molecule has 7 nitrogen and oxygen atoms in total. The van der Waals surface area contributed by atoms with Gasteiger partial charge in [0.2, 0.25) is 5.95 Å². The summed E-state index contributed by atoms with van der Waals surface area (Å²) < 4.78 is 40.3. The maximum absolute atomic E-state index is 13.4. The third-order valence-corrected chi connectivity index (χ3v) is 5.26. The van der Waals surface area contributed by atoms with Crippen LogP contribution in [0.25, 0.3) is 0 Å². The number of anilines is 2. The van der Waals surface area contributed by atoms with Crippen LogP contribution < -0.4 is 16.5 Å². The van der Waals surface area contributed by atoms with E-state index < -0.39 is 11.7 Å². The number of rotatable bonds is 4. The van der Waals surface area contributed by atoms with Crippen LogP contribution in [0.2, 0.25) is 0 Å². The fraction of sp³-hybridized carbons (Fsp3) is 0.421. The van der Waals surface area contributed by atoms with Gasteiger partial charge in [0, 0.05) is 23.8 Å². The maximum atomic E-state index is 13.4. The number of nitrogens with zero attached hydrogens (tertiary/aromatic N) is 3. The summed E-state index contributed by atoms with van der Waals surface area (Å²) >= 11 is 0. The Balaban J connectivity index is 1.55. The molecule has 0 radical (unpaired) electrons. The fourth-order valence-electron chi connectivity index (χ4n) is 3.68. The van der Waals surface area contributed by atoms with Crippen molar-refractivity contribution in [1.29, 1.82) is 0 Å². The Labute approximate surface area is 165 Å². The van der Waals surface area contributed by atoms with E-state index in [4.69, 9.17) is 5.73 Å². The second-order valence-corrected chi connectivity index (χ2v) is 7.37. The van der Waals surface area contributed by atoms with Crippen LogP contribution in [0.3, 0.4) is 0 Å². The SMILES string of the molecule is NC1CCC(Nc2nc(NN3Cc4ccccc4C3=O)ncc2C(F)(F)F)CC1. The molecule has 4 N–H and O–H groups in total. The number of nitrogens with two attached hydrogens (primary N) is 1. The lowest BCUT2D eigenvalue weighted by Crippen LogP contribution is -2.34. The highest BCUT2D eigenvalue weighted by Crippen LogP contribution is 2.35. The average Bonchev–Trinajstić information content (AvgIpc) is 2.99. The van der Waals surface area contributed by atoms with Crippen LogP contribution in [0.4, 0.5) is 24.9 Å². The summed E-state index contributed by atoms with van der Waals surface area (Å²) in [5.74, 6) is -0.645. The van der Waals surface area contributed by atoms with Crippen molar-refractivity contribution in [2.45, 2.75) is 50.5 Å². The van der Waals surface area contributed by atoms with Gasteiger partial charge < -0.3 is 11.1 Å². The quantitative estimate of drug-likeness (QED) is 0.722. The molecular weight excluding hydrogens is 385 g/mol. The molecule has 29 heavy (non-hydrogen) atoms. The van der Waals surface area contributed by atoms with Crippen LogP contribution >= 0.6 is 0 Å². The number of hydrogen-bond acceptors (Lipinski definition) is 6. The highest BCUT2D eigenvalue weighted by Gasteiger charge is 2.36. The van der Waals surface area contributed by atoms with Crippen LogP contribution in [0.15, 0.2) is 30.5 Å². The van der Waals surface area contributed by atoms with Crippen molar-refractivity contribution in [2.24, 2.45) is 5.73 Å². The highest BCUT2D eigenvalue weighted by atomic mass is 19.4. The first-order chi connectivity index (χ1) is 13.8. The van der Waals surface area contributed by atoms with Crippen molar-refractivity contribution >= 4 is 17.7 Å². The van der Waals surface area contributed by atoms with E-state index in [9.17, 15) is 18.0 Å². The van der Waals surface area contributed by atoms with E-state index in [1.807, 2.05) is 12.1 Å². The van der Waals surface area contributed by atoms with E-state index >= 15 is 0 Å². The van der Waals surface area contributed by atoms with Crippen LogP contribution in [0.1, 0.15) is 47.2 Å². The number of nitrogens with one attached hydrogen (secondary N) is 2. The molecule has 1 saturated carbocycles. The van der Waals surface area contributed by atoms with E-state index in [1.165, 1.54) is 5.01 Å². The van der Waals surface area contributed by atoms with Crippen LogP contribution in [0.5, 0.6) is 0 Å². The smallest absolute Gasteiger partial charge is 0.367 e. The van der Waals surface area contributed by atoms with Gasteiger partial charge in [-0.15, -0.1) is 0 Å². The molecule has 1 fully saturated rings. The number of benzene rings is 1. The minimum Gasteiger partial charge on any atom is -0.367 e. The van der Waals surface area contributed by atoms with Gasteiger partial charge in [0.25, 0.3) is 5.91 Å². The van der Waals surface area contributed by atoms with E-state index in [-0.39, 0.29) is 36.3 Å². The van der Waals surface area contributed by atoms with Gasteiger partial charge in [-0.25, -0.2) is 9.99 Å². The predicted octanol–water partition coefficient (Wildman–Crippen LogP) is 3.16. The zero-order valence-electron chi connectivity index (χ0n) is 15.5. The summed E-state index contributed by atoms with van der Waals surface area (Å²) in [5.41, 5.74) is 9.05. The Kier molecular flexibility index (Phi) is 5.03. The van der Waals surface area contributed by atoms with E-state index in [0.717, 1.165) is 24.6 Å². The monoisotopic (exact) mass is 406 g/mol. The van der Waals surface area contributed by atoms with Crippen molar-refractivity contribution in [3.05, 3.63) is 47.2 Å². The zero-order valence-corrected chi connectivity index (χ0v) is 15.5. The lowest BCUT2D eigenvalue weighted by Gasteiger charge is -2.28. The first-order valence-electron chi connectivity index (χ1n) is 9.44. The molecule has 0 saturated heterocycles. The van der Waals surface area contributed by atoms with Crippen LogP contribution in [-0.4, -0.2) is 33.0 Å². The number of hydrogen-bond donors (Lipinski definition) is 3. The molecule has 2 heterocycles. The Morgan fingerprint density at radius 3 is 2.55 bits per heavy atom. The fourth-order valence-corrected chi connectivity index (χ4v) is 3.68. The van der Waals surface area contributed by atoms with Gasteiger partial charge in [-0.3, -0.25) is 10.2 Å². The predicted molar refractivity (Wildman–Crippen MR) is 101 cm³/mol. The van der Waals surface area contributed by atoms with Gasteiger partial charge in [-0.1, -0.05) is 18.2 Å². The largest absolute Gasteiger partial charge is 0.421 e. The number of amides is 1. The number of alkyl halides is 3. The van der Waals surface area contributed by atoms with E-state index in [1.54, 1.807) is 12.1 Å². The molecule has 0 bridgehead atoms. The molecular formula is C19H21F3N6O. The number of carbonyl (C=O) groups is 1. The summed E-state index contributed by atoms with van der Waals surface area (Å²) in [6.45, 7) is 0.280.